The second-order valence-corrected chi connectivity index (χ2v) is 5.56. The summed E-state index contributed by atoms with van der Waals surface area (Å²) in [4.78, 5) is 4.60. The van der Waals surface area contributed by atoms with Crippen LogP contribution in [0.2, 0.25) is 0 Å². The predicted molar refractivity (Wildman–Crippen MR) is 99.7 cm³/mol. The first-order valence-electron chi connectivity index (χ1n) is 7.90. The molecule has 0 unspecified atom stereocenters. The van der Waals surface area contributed by atoms with Gasteiger partial charge in [-0.05, 0) is 36.4 Å². The third-order valence-corrected chi connectivity index (χ3v) is 3.82. The molecule has 1 aliphatic heterocycles. The zero-order valence-electron chi connectivity index (χ0n) is 13.3. The van der Waals surface area contributed by atoms with Crippen LogP contribution in [0.5, 0.6) is 0 Å². The van der Waals surface area contributed by atoms with Crippen LogP contribution in [0.3, 0.4) is 0 Å². The standard InChI is InChI=1S/C20H15N5/c21-19-17-8-4-5-9-18(17)20(23-19)22-14-10-12-16(13-11-14)25-24-15-6-2-1-3-7-15/h1-13H,(H2,21,22,23)/b25-24+. The van der Waals surface area contributed by atoms with Crippen LogP contribution in [-0.4, -0.2) is 11.7 Å². The van der Waals surface area contributed by atoms with Crippen LogP contribution in [0.25, 0.3) is 0 Å². The fourth-order valence-corrected chi connectivity index (χ4v) is 2.58. The van der Waals surface area contributed by atoms with Crippen molar-refractivity contribution in [2.45, 2.75) is 0 Å². The summed E-state index contributed by atoms with van der Waals surface area (Å²) < 4.78 is 0. The SMILES string of the molecule is N=C1N/C(=N\c2ccc(/N=N/c3ccccc3)cc2)c2ccccc21. The van der Waals surface area contributed by atoms with Gasteiger partial charge in [0.25, 0.3) is 0 Å². The van der Waals surface area contributed by atoms with Crippen LogP contribution >= 0.6 is 0 Å². The Hall–Kier alpha value is -3.60. The monoisotopic (exact) mass is 325 g/mol. The van der Waals surface area contributed by atoms with E-state index >= 15 is 0 Å². The minimum atomic E-state index is 0.377. The zero-order valence-corrected chi connectivity index (χ0v) is 13.3. The van der Waals surface area contributed by atoms with Gasteiger partial charge in [0.1, 0.15) is 11.7 Å². The van der Waals surface area contributed by atoms with Crippen molar-refractivity contribution in [3.05, 3.63) is 90.0 Å². The molecule has 120 valence electrons. The quantitative estimate of drug-likeness (QED) is 0.645. The van der Waals surface area contributed by atoms with E-state index < -0.39 is 0 Å². The highest BCUT2D eigenvalue weighted by molar-refractivity contribution is 6.24. The molecule has 4 rings (SSSR count). The minimum absolute atomic E-state index is 0.377. The zero-order chi connectivity index (χ0) is 17.1. The first kappa shape index (κ1) is 15.0. The lowest BCUT2D eigenvalue weighted by atomic mass is 10.1. The van der Waals surface area contributed by atoms with Gasteiger partial charge in [0.05, 0.1) is 17.1 Å². The molecule has 2 N–H and O–H groups in total. The topological polar surface area (TPSA) is 73.0 Å². The molecule has 0 atom stereocenters. The molecule has 1 aliphatic rings. The van der Waals surface area contributed by atoms with Gasteiger partial charge in [-0.1, -0.05) is 42.5 Å². The molecule has 0 aliphatic carbocycles. The average molecular weight is 325 g/mol. The molecular weight excluding hydrogens is 310 g/mol. The van der Waals surface area contributed by atoms with E-state index in [1.54, 1.807) is 0 Å². The van der Waals surface area contributed by atoms with Gasteiger partial charge in [0, 0.05) is 11.1 Å². The summed E-state index contributed by atoms with van der Waals surface area (Å²) in [7, 11) is 0. The van der Waals surface area contributed by atoms with Crippen molar-refractivity contribution >= 4 is 28.7 Å². The molecule has 0 spiro atoms. The molecule has 0 saturated heterocycles. The molecule has 3 aromatic rings. The minimum Gasteiger partial charge on any atom is -0.324 e. The van der Waals surface area contributed by atoms with E-state index in [0.29, 0.717) is 11.7 Å². The fourth-order valence-electron chi connectivity index (χ4n) is 2.58. The molecule has 5 heteroatoms. The number of nitrogens with zero attached hydrogens (tertiary/aromatic N) is 3. The van der Waals surface area contributed by atoms with Crippen molar-refractivity contribution in [2.75, 3.05) is 0 Å². The van der Waals surface area contributed by atoms with E-state index in [9.17, 15) is 0 Å². The molecule has 0 radical (unpaired) electrons. The van der Waals surface area contributed by atoms with Crippen molar-refractivity contribution in [1.29, 1.82) is 5.41 Å². The molecule has 0 aromatic heterocycles. The third kappa shape index (κ3) is 3.21. The van der Waals surface area contributed by atoms with E-state index in [2.05, 4.69) is 20.5 Å². The van der Waals surface area contributed by atoms with Gasteiger partial charge in [-0.15, -0.1) is 0 Å². The molecule has 0 bridgehead atoms. The van der Waals surface area contributed by atoms with Crippen molar-refractivity contribution in [3.63, 3.8) is 0 Å². The number of hydrogen-bond donors (Lipinski definition) is 2. The summed E-state index contributed by atoms with van der Waals surface area (Å²) in [6.45, 7) is 0. The predicted octanol–water partition coefficient (Wildman–Crippen LogP) is 5.11. The number of aliphatic imine (C=N–C) groups is 1. The normalized spacial score (nSPS) is 14.7. The van der Waals surface area contributed by atoms with Gasteiger partial charge in [0.2, 0.25) is 0 Å². The number of fused-ring (bicyclic) bond motifs is 1. The Morgan fingerprint density at radius 3 is 1.88 bits per heavy atom. The highest BCUT2D eigenvalue weighted by atomic mass is 15.1. The summed E-state index contributed by atoms with van der Waals surface area (Å²) in [5, 5.41) is 19.4. The molecular formula is C20H15N5. The van der Waals surface area contributed by atoms with E-state index in [-0.39, 0.29) is 0 Å². The summed E-state index contributed by atoms with van der Waals surface area (Å²) >= 11 is 0. The second-order valence-electron chi connectivity index (χ2n) is 5.56. The molecule has 1 heterocycles. The molecule has 5 nitrogen and oxygen atoms in total. The van der Waals surface area contributed by atoms with Crippen molar-refractivity contribution < 1.29 is 0 Å². The number of hydrogen-bond acceptors (Lipinski definition) is 4. The van der Waals surface area contributed by atoms with Crippen LogP contribution in [0.15, 0.2) is 94.1 Å². The highest BCUT2D eigenvalue weighted by Crippen LogP contribution is 2.23. The first-order valence-corrected chi connectivity index (χ1v) is 7.90. The van der Waals surface area contributed by atoms with Crippen LogP contribution in [0.4, 0.5) is 17.1 Å². The van der Waals surface area contributed by atoms with Crippen LogP contribution in [0, 0.1) is 5.41 Å². The Bertz CT molecular complexity index is 972. The first-order chi connectivity index (χ1) is 12.3. The number of amidine groups is 2. The lowest BCUT2D eigenvalue weighted by Gasteiger charge is -2.00. The summed E-state index contributed by atoms with van der Waals surface area (Å²) in [5.41, 5.74) is 4.19. The van der Waals surface area contributed by atoms with Gasteiger partial charge < -0.3 is 5.32 Å². The van der Waals surface area contributed by atoms with Gasteiger partial charge >= 0.3 is 0 Å². The maximum Gasteiger partial charge on any atom is 0.140 e. The smallest absolute Gasteiger partial charge is 0.140 e. The van der Waals surface area contributed by atoms with Gasteiger partial charge in [-0.3, -0.25) is 5.41 Å². The van der Waals surface area contributed by atoms with E-state index in [1.165, 1.54) is 0 Å². The number of azo groups is 1. The lowest BCUT2D eigenvalue weighted by molar-refractivity contribution is 1.23. The molecule has 25 heavy (non-hydrogen) atoms. The summed E-state index contributed by atoms with van der Waals surface area (Å²) in [6.07, 6.45) is 0. The van der Waals surface area contributed by atoms with E-state index in [4.69, 9.17) is 5.41 Å². The number of benzene rings is 3. The van der Waals surface area contributed by atoms with Crippen molar-refractivity contribution in [2.24, 2.45) is 15.2 Å². The maximum absolute atomic E-state index is 7.98. The Labute approximate surface area is 145 Å². The Balaban J connectivity index is 1.55. The Morgan fingerprint density at radius 2 is 1.16 bits per heavy atom. The average Bonchev–Trinajstić information content (AvgIpc) is 2.98. The number of rotatable bonds is 3. The van der Waals surface area contributed by atoms with Crippen LogP contribution in [0.1, 0.15) is 11.1 Å². The molecule has 0 amide bonds. The van der Waals surface area contributed by atoms with Crippen LogP contribution < -0.4 is 5.32 Å². The Morgan fingerprint density at radius 1 is 0.600 bits per heavy atom. The van der Waals surface area contributed by atoms with Crippen molar-refractivity contribution in [1.82, 2.24) is 5.32 Å². The van der Waals surface area contributed by atoms with Gasteiger partial charge in [-0.2, -0.15) is 10.2 Å². The van der Waals surface area contributed by atoms with Gasteiger partial charge in [0.15, 0.2) is 0 Å². The molecule has 3 aromatic carbocycles. The lowest BCUT2D eigenvalue weighted by Crippen LogP contribution is -2.21. The largest absolute Gasteiger partial charge is 0.324 e. The third-order valence-electron chi connectivity index (χ3n) is 3.82. The summed E-state index contributed by atoms with van der Waals surface area (Å²) in [6, 6.07) is 24.9. The fraction of sp³-hybridized carbons (Fsp3) is 0. The van der Waals surface area contributed by atoms with E-state index in [0.717, 1.165) is 28.2 Å². The van der Waals surface area contributed by atoms with Gasteiger partial charge in [-0.25, -0.2) is 4.99 Å². The van der Waals surface area contributed by atoms with Crippen LogP contribution in [-0.2, 0) is 0 Å². The maximum atomic E-state index is 7.98. The summed E-state index contributed by atoms with van der Waals surface area (Å²) in [5.74, 6) is 1.07. The Kier molecular flexibility index (Phi) is 3.88. The molecule has 0 saturated carbocycles. The second kappa shape index (κ2) is 6.49. The number of nitrogens with one attached hydrogen (secondary N) is 2. The highest BCUT2D eigenvalue weighted by Gasteiger charge is 2.21. The molecule has 0 fully saturated rings. The van der Waals surface area contributed by atoms with Crippen molar-refractivity contribution in [3.8, 4) is 0 Å². The van der Waals surface area contributed by atoms with E-state index in [1.807, 2.05) is 78.9 Å².